The van der Waals surface area contributed by atoms with Crippen LogP contribution < -0.4 is 4.90 Å². The van der Waals surface area contributed by atoms with Crippen molar-refractivity contribution in [1.29, 1.82) is 0 Å². The van der Waals surface area contributed by atoms with E-state index in [9.17, 15) is 28.4 Å². The molecule has 118 valence electrons. The molecule has 0 atom stereocenters. The lowest BCUT2D eigenvalue weighted by Gasteiger charge is -2.31. The Morgan fingerprint density at radius 2 is 1.90 bits per heavy atom. The lowest BCUT2D eigenvalue weighted by molar-refractivity contribution is -0.385. The number of rotatable bonds is 5. The van der Waals surface area contributed by atoms with Crippen LogP contribution in [0.3, 0.4) is 0 Å². The molecule has 1 aromatic rings. The van der Waals surface area contributed by atoms with Gasteiger partial charge in [-0.05, 0) is 26.8 Å². The molecule has 1 aromatic carbocycles. The van der Waals surface area contributed by atoms with Crippen LogP contribution in [-0.4, -0.2) is 28.7 Å². The maximum absolute atomic E-state index is 13.1. The molecule has 0 unspecified atom stereocenters. The van der Waals surface area contributed by atoms with Crippen LogP contribution in [0.5, 0.6) is 0 Å². The summed E-state index contributed by atoms with van der Waals surface area (Å²) in [5.41, 5.74) is -3.08. The Morgan fingerprint density at radius 1 is 1.33 bits per heavy atom. The van der Waals surface area contributed by atoms with Gasteiger partial charge in [0, 0.05) is 30.9 Å². The molecule has 5 nitrogen and oxygen atoms in total. The largest absolute Gasteiger partial charge is 0.418 e. The predicted octanol–water partition coefficient (Wildman–Crippen LogP) is 3.21. The fourth-order valence-electron chi connectivity index (χ4n) is 1.97. The Hall–Kier alpha value is -1.83. The van der Waals surface area contributed by atoms with E-state index in [0.717, 1.165) is 12.1 Å². The van der Waals surface area contributed by atoms with Crippen molar-refractivity contribution in [1.82, 2.24) is 0 Å². The molecular formula is C13H17F3N2O3. The number of nitrogens with zero attached hydrogens (tertiary/aromatic N) is 2. The minimum Gasteiger partial charge on any atom is -0.389 e. The van der Waals surface area contributed by atoms with E-state index in [4.69, 9.17) is 0 Å². The highest BCUT2D eigenvalue weighted by Gasteiger charge is 2.37. The predicted molar refractivity (Wildman–Crippen MR) is 72.3 cm³/mol. The third-order valence-electron chi connectivity index (χ3n) is 2.80. The first-order valence-electron chi connectivity index (χ1n) is 6.28. The van der Waals surface area contributed by atoms with E-state index in [1.54, 1.807) is 6.92 Å². The molecular weight excluding hydrogens is 289 g/mol. The third kappa shape index (κ3) is 4.59. The summed E-state index contributed by atoms with van der Waals surface area (Å²) in [5.74, 6) is 0. The van der Waals surface area contributed by atoms with E-state index < -0.39 is 28.0 Å². The van der Waals surface area contributed by atoms with Gasteiger partial charge in [-0.3, -0.25) is 10.1 Å². The molecule has 0 aliphatic rings. The van der Waals surface area contributed by atoms with E-state index >= 15 is 0 Å². The number of halogens is 3. The summed E-state index contributed by atoms with van der Waals surface area (Å²) in [6, 6.07) is 2.61. The molecule has 0 aliphatic carbocycles. The summed E-state index contributed by atoms with van der Waals surface area (Å²) >= 11 is 0. The molecule has 0 aromatic heterocycles. The Labute approximate surface area is 120 Å². The summed E-state index contributed by atoms with van der Waals surface area (Å²) in [4.78, 5) is 11.1. The Bertz CT molecular complexity index is 524. The van der Waals surface area contributed by atoms with E-state index in [-0.39, 0.29) is 18.8 Å². The van der Waals surface area contributed by atoms with Gasteiger partial charge in [-0.25, -0.2) is 0 Å². The average Bonchev–Trinajstić information content (AvgIpc) is 2.33. The van der Waals surface area contributed by atoms with Crippen LogP contribution in [0.4, 0.5) is 24.5 Å². The summed E-state index contributed by atoms with van der Waals surface area (Å²) in [6.45, 7) is 4.81. The Kier molecular flexibility index (Phi) is 4.83. The van der Waals surface area contributed by atoms with E-state index in [0.29, 0.717) is 6.07 Å². The maximum Gasteiger partial charge on any atom is 0.418 e. The number of nitro groups is 1. The van der Waals surface area contributed by atoms with Crippen molar-refractivity contribution in [2.75, 3.05) is 18.0 Å². The molecule has 0 amide bonds. The maximum atomic E-state index is 13.1. The van der Waals surface area contributed by atoms with Crippen molar-refractivity contribution in [2.45, 2.75) is 32.5 Å². The van der Waals surface area contributed by atoms with Gasteiger partial charge in [-0.15, -0.1) is 0 Å². The van der Waals surface area contributed by atoms with Crippen LogP contribution in [0.15, 0.2) is 18.2 Å². The van der Waals surface area contributed by atoms with E-state index in [2.05, 4.69) is 0 Å². The minimum atomic E-state index is -4.71. The number of hydrogen-bond donors (Lipinski definition) is 1. The summed E-state index contributed by atoms with van der Waals surface area (Å²) < 4.78 is 39.3. The zero-order valence-corrected chi connectivity index (χ0v) is 11.9. The molecule has 0 saturated heterocycles. The molecule has 21 heavy (non-hydrogen) atoms. The number of alkyl halides is 3. The van der Waals surface area contributed by atoms with Crippen LogP contribution in [0.25, 0.3) is 0 Å². The van der Waals surface area contributed by atoms with Crippen LogP contribution in [0.2, 0.25) is 0 Å². The van der Waals surface area contributed by atoms with Gasteiger partial charge in [-0.1, -0.05) is 0 Å². The number of non-ortho nitro benzene ring substituents is 1. The topological polar surface area (TPSA) is 66.6 Å². The molecule has 0 aliphatic heterocycles. The number of likely N-dealkylation sites (N-methyl/N-ethyl adjacent to an activating group) is 1. The van der Waals surface area contributed by atoms with Gasteiger partial charge in [0.1, 0.15) is 0 Å². The first-order valence-corrected chi connectivity index (χ1v) is 6.28. The molecule has 8 heteroatoms. The smallest absolute Gasteiger partial charge is 0.389 e. The number of aliphatic hydroxyl groups is 1. The molecule has 1 rings (SSSR count). The van der Waals surface area contributed by atoms with Gasteiger partial charge >= 0.3 is 6.18 Å². The summed E-state index contributed by atoms with van der Waals surface area (Å²) in [6.07, 6.45) is -4.71. The molecule has 0 heterocycles. The number of anilines is 1. The van der Waals surface area contributed by atoms with Crippen LogP contribution in [-0.2, 0) is 6.18 Å². The van der Waals surface area contributed by atoms with Gasteiger partial charge < -0.3 is 10.0 Å². The molecule has 0 saturated carbocycles. The molecule has 0 spiro atoms. The first-order chi connectivity index (χ1) is 9.45. The normalized spacial score (nSPS) is 12.3. The van der Waals surface area contributed by atoms with Crippen LogP contribution >= 0.6 is 0 Å². The second kappa shape index (κ2) is 5.88. The van der Waals surface area contributed by atoms with Crippen molar-refractivity contribution in [3.8, 4) is 0 Å². The summed E-state index contributed by atoms with van der Waals surface area (Å²) in [7, 11) is 0. The van der Waals surface area contributed by atoms with Gasteiger partial charge in [0.05, 0.1) is 16.1 Å². The van der Waals surface area contributed by atoms with Crippen molar-refractivity contribution in [3.63, 3.8) is 0 Å². The fourth-order valence-corrected chi connectivity index (χ4v) is 1.97. The van der Waals surface area contributed by atoms with E-state index in [1.165, 1.54) is 18.7 Å². The fraction of sp³-hybridized carbons (Fsp3) is 0.538. The number of nitro benzene ring substituents is 1. The zero-order chi connectivity index (χ0) is 16.4. The molecule has 1 N–H and O–H groups in total. The standard InChI is InChI=1S/C13H17F3N2O3/c1-4-17(8-12(2,3)19)11-6-5-9(18(20)21)7-10(11)13(14,15)16/h5-7,19H,4,8H2,1-3H3. The van der Waals surface area contributed by atoms with Crippen molar-refractivity contribution < 1.29 is 23.2 Å². The molecule has 0 radical (unpaired) electrons. The molecule has 0 fully saturated rings. The number of hydrogen-bond acceptors (Lipinski definition) is 4. The van der Waals surface area contributed by atoms with Crippen molar-refractivity contribution in [2.24, 2.45) is 0 Å². The van der Waals surface area contributed by atoms with Crippen LogP contribution in [0.1, 0.15) is 26.3 Å². The second-order valence-electron chi connectivity index (χ2n) is 5.28. The third-order valence-corrected chi connectivity index (χ3v) is 2.80. The average molecular weight is 306 g/mol. The van der Waals surface area contributed by atoms with Crippen molar-refractivity contribution >= 4 is 11.4 Å². The number of benzene rings is 1. The van der Waals surface area contributed by atoms with Gasteiger partial charge in [-0.2, -0.15) is 13.2 Å². The summed E-state index contributed by atoms with van der Waals surface area (Å²) in [5, 5.41) is 20.4. The monoisotopic (exact) mass is 306 g/mol. The Balaban J connectivity index is 3.36. The van der Waals surface area contributed by atoms with E-state index in [1.807, 2.05) is 0 Å². The lowest BCUT2D eigenvalue weighted by Crippen LogP contribution is -2.39. The van der Waals surface area contributed by atoms with Gasteiger partial charge in [0.15, 0.2) is 0 Å². The zero-order valence-electron chi connectivity index (χ0n) is 11.9. The quantitative estimate of drug-likeness (QED) is 0.670. The SMILES string of the molecule is CCN(CC(C)(C)O)c1ccc([N+](=O)[O-])cc1C(F)(F)F. The lowest BCUT2D eigenvalue weighted by atomic mass is 10.1. The highest BCUT2D eigenvalue weighted by Crippen LogP contribution is 2.39. The Morgan fingerprint density at radius 3 is 2.29 bits per heavy atom. The minimum absolute atomic E-state index is 0.0234. The molecule has 0 bridgehead atoms. The highest BCUT2D eigenvalue weighted by molar-refractivity contribution is 5.59. The second-order valence-corrected chi connectivity index (χ2v) is 5.28. The van der Waals surface area contributed by atoms with Gasteiger partial charge in [0.2, 0.25) is 0 Å². The first kappa shape index (κ1) is 17.2. The highest BCUT2D eigenvalue weighted by atomic mass is 19.4. The van der Waals surface area contributed by atoms with Crippen molar-refractivity contribution in [3.05, 3.63) is 33.9 Å². The van der Waals surface area contributed by atoms with Gasteiger partial charge in [0.25, 0.3) is 5.69 Å². The van der Waals surface area contributed by atoms with Crippen LogP contribution in [0, 0.1) is 10.1 Å².